The number of carboxylic acids is 1. The molecule has 9 nitrogen and oxygen atoms in total. The first-order valence-electron chi connectivity index (χ1n) is 5.51. The molecule has 0 aliphatic rings. The third-order valence-corrected chi connectivity index (χ3v) is 2.12. The van der Waals surface area contributed by atoms with E-state index in [1.165, 1.54) is 20.2 Å². The minimum absolute atomic E-state index is 0.287. The van der Waals surface area contributed by atoms with Crippen LogP contribution in [0.2, 0.25) is 0 Å². The quantitative estimate of drug-likeness (QED) is 0.532. The van der Waals surface area contributed by atoms with Gasteiger partial charge in [-0.2, -0.15) is 0 Å². The normalized spacial score (nSPS) is 10.3. The standard InChI is InChI=1S/C11H15N5O4/c1-16(6-10(17)18)15-14-8-5-7(13-11(12)19)3-4-9(8)20-2/h3-5H,6H2,1-2H3,(H,17,18)(H3,12,13,19). The minimum atomic E-state index is -1.03. The van der Waals surface area contributed by atoms with Crippen molar-refractivity contribution in [3.63, 3.8) is 0 Å². The second kappa shape index (κ2) is 6.92. The Morgan fingerprint density at radius 2 is 2.20 bits per heavy atom. The molecule has 4 N–H and O–H groups in total. The Morgan fingerprint density at radius 3 is 2.75 bits per heavy atom. The number of benzene rings is 1. The summed E-state index contributed by atoms with van der Waals surface area (Å²) in [7, 11) is 2.92. The van der Waals surface area contributed by atoms with Gasteiger partial charge in [-0.1, -0.05) is 5.22 Å². The highest BCUT2D eigenvalue weighted by molar-refractivity contribution is 5.88. The zero-order valence-corrected chi connectivity index (χ0v) is 11.0. The molecule has 0 aliphatic heterocycles. The number of carbonyl (C=O) groups is 2. The molecule has 0 heterocycles. The molecule has 0 saturated carbocycles. The van der Waals surface area contributed by atoms with Gasteiger partial charge in [0, 0.05) is 12.7 Å². The molecule has 1 aromatic rings. The summed E-state index contributed by atoms with van der Waals surface area (Å²) in [4.78, 5) is 21.3. The monoisotopic (exact) mass is 281 g/mol. The Kier molecular flexibility index (Phi) is 5.27. The smallest absolute Gasteiger partial charge is 0.324 e. The van der Waals surface area contributed by atoms with E-state index in [1.54, 1.807) is 12.1 Å². The van der Waals surface area contributed by atoms with Gasteiger partial charge in [0.25, 0.3) is 0 Å². The van der Waals surface area contributed by atoms with Gasteiger partial charge < -0.3 is 20.9 Å². The van der Waals surface area contributed by atoms with Crippen molar-refractivity contribution in [2.24, 2.45) is 16.1 Å². The molecule has 0 atom stereocenters. The van der Waals surface area contributed by atoms with Crippen molar-refractivity contribution >= 4 is 23.4 Å². The predicted octanol–water partition coefficient (Wildman–Crippen LogP) is 1.20. The number of carbonyl (C=O) groups excluding carboxylic acids is 1. The molecule has 1 aromatic carbocycles. The molecule has 0 unspecified atom stereocenters. The number of nitrogens with two attached hydrogens (primary N) is 1. The maximum Gasteiger partial charge on any atom is 0.324 e. The zero-order chi connectivity index (χ0) is 15.1. The first-order valence-corrected chi connectivity index (χ1v) is 5.51. The number of urea groups is 1. The molecular weight excluding hydrogens is 266 g/mol. The van der Waals surface area contributed by atoms with Crippen LogP contribution < -0.4 is 15.8 Å². The van der Waals surface area contributed by atoms with Crippen LogP contribution in [0.4, 0.5) is 16.2 Å². The fourth-order valence-corrected chi connectivity index (χ4v) is 1.34. The van der Waals surface area contributed by atoms with E-state index in [9.17, 15) is 9.59 Å². The average molecular weight is 281 g/mol. The molecule has 0 aliphatic carbocycles. The van der Waals surface area contributed by atoms with Crippen molar-refractivity contribution in [2.45, 2.75) is 0 Å². The fourth-order valence-electron chi connectivity index (χ4n) is 1.34. The number of amides is 2. The Labute approximate surface area is 115 Å². The molecule has 0 saturated heterocycles. The molecule has 0 fully saturated rings. The minimum Gasteiger partial charge on any atom is -0.494 e. The molecule has 0 radical (unpaired) electrons. The van der Waals surface area contributed by atoms with Crippen molar-refractivity contribution in [1.29, 1.82) is 0 Å². The Hall–Kier alpha value is -2.84. The molecule has 0 aromatic heterocycles. The van der Waals surface area contributed by atoms with Crippen LogP contribution in [0.3, 0.4) is 0 Å². The summed E-state index contributed by atoms with van der Waals surface area (Å²) in [6, 6.07) is 3.96. The van der Waals surface area contributed by atoms with E-state index < -0.39 is 12.0 Å². The van der Waals surface area contributed by atoms with Crippen molar-refractivity contribution in [1.82, 2.24) is 5.01 Å². The van der Waals surface area contributed by atoms with Crippen LogP contribution in [-0.2, 0) is 4.79 Å². The number of carboxylic acid groups (broad SMARTS) is 1. The number of rotatable bonds is 6. The van der Waals surface area contributed by atoms with Crippen molar-refractivity contribution < 1.29 is 19.4 Å². The maximum absolute atomic E-state index is 10.8. The van der Waals surface area contributed by atoms with Crippen LogP contribution in [-0.4, -0.2) is 42.8 Å². The number of anilines is 1. The summed E-state index contributed by atoms with van der Waals surface area (Å²) >= 11 is 0. The summed E-state index contributed by atoms with van der Waals surface area (Å²) in [6.45, 7) is -0.287. The molecule has 20 heavy (non-hydrogen) atoms. The van der Waals surface area contributed by atoms with Gasteiger partial charge in [-0.3, -0.25) is 9.80 Å². The van der Waals surface area contributed by atoms with Crippen molar-refractivity contribution in [3.05, 3.63) is 18.2 Å². The molecule has 2 amide bonds. The molecule has 0 spiro atoms. The molecular formula is C11H15N5O4. The zero-order valence-electron chi connectivity index (χ0n) is 11.0. The Balaban J connectivity index is 2.93. The fraction of sp³-hybridized carbons (Fsp3) is 0.273. The summed E-state index contributed by atoms with van der Waals surface area (Å²) in [6.07, 6.45) is 0. The topological polar surface area (TPSA) is 130 Å². The number of nitrogens with zero attached hydrogens (tertiary/aromatic N) is 3. The average Bonchev–Trinajstić information content (AvgIpc) is 2.35. The van der Waals surface area contributed by atoms with Gasteiger partial charge in [-0.25, -0.2) is 4.79 Å². The van der Waals surface area contributed by atoms with E-state index in [0.29, 0.717) is 17.1 Å². The number of ether oxygens (including phenoxy) is 1. The van der Waals surface area contributed by atoms with Gasteiger partial charge in [-0.15, -0.1) is 5.11 Å². The van der Waals surface area contributed by atoms with Gasteiger partial charge >= 0.3 is 12.0 Å². The van der Waals surface area contributed by atoms with Crippen molar-refractivity contribution in [2.75, 3.05) is 26.0 Å². The van der Waals surface area contributed by atoms with Crippen LogP contribution in [0.25, 0.3) is 0 Å². The number of aliphatic carboxylic acids is 1. The van der Waals surface area contributed by atoms with Gasteiger partial charge in [0.1, 0.15) is 18.0 Å². The number of hydrogen-bond donors (Lipinski definition) is 3. The third kappa shape index (κ3) is 4.80. The summed E-state index contributed by atoms with van der Waals surface area (Å²) in [5, 5.41) is 19.7. The first kappa shape index (κ1) is 15.2. The number of primary amides is 1. The number of likely N-dealkylation sites (N-methyl/N-ethyl adjacent to an activating group) is 1. The van der Waals surface area contributed by atoms with E-state index >= 15 is 0 Å². The number of hydrogen-bond acceptors (Lipinski definition) is 5. The van der Waals surface area contributed by atoms with E-state index in [-0.39, 0.29) is 6.54 Å². The van der Waals surface area contributed by atoms with Crippen LogP contribution in [0.5, 0.6) is 5.75 Å². The molecule has 108 valence electrons. The largest absolute Gasteiger partial charge is 0.494 e. The molecule has 9 heteroatoms. The lowest BCUT2D eigenvalue weighted by Crippen LogP contribution is -2.19. The Bertz CT molecular complexity index is 532. The highest BCUT2D eigenvalue weighted by Crippen LogP contribution is 2.30. The van der Waals surface area contributed by atoms with Gasteiger partial charge in [-0.05, 0) is 18.2 Å². The van der Waals surface area contributed by atoms with Gasteiger partial charge in [0.05, 0.1) is 7.11 Å². The maximum atomic E-state index is 10.8. The van der Waals surface area contributed by atoms with E-state index in [2.05, 4.69) is 15.7 Å². The molecule has 1 rings (SSSR count). The second-order valence-corrected chi connectivity index (χ2v) is 3.77. The van der Waals surface area contributed by atoms with Crippen LogP contribution in [0.15, 0.2) is 28.5 Å². The second-order valence-electron chi connectivity index (χ2n) is 3.77. The Morgan fingerprint density at radius 1 is 1.50 bits per heavy atom. The SMILES string of the molecule is COc1ccc(NC(N)=O)cc1N=NN(C)CC(=O)O. The predicted molar refractivity (Wildman–Crippen MR) is 71.0 cm³/mol. The summed E-state index contributed by atoms with van der Waals surface area (Å²) in [5.41, 5.74) is 5.77. The highest BCUT2D eigenvalue weighted by atomic mass is 16.5. The summed E-state index contributed by atoms with van der Waals surface area (Å²) in [5.74, 6) is -0.602. The van der Waals surface area contributed by atoms with Crippen molar-refractivity contribution in [3.8, 4) is 5.75 Å². The summed E-state index contributed by atoms with van der Waals surface area (Å²) < 4.78 is 5.09. The van der Waals surface area contributed by atoms with E-state index in [0.717, 1.165) is 5.01 Å². The lowest BCUT2D eigenvalue weighted by Gasteiger charge is -2.09. The van der Waals surface area contributed by atoms with E-state index in [1.807, 2.05) is 0 Å². The number of nitrogens with one attached hydrogen (secondary N) is 1. The van der Waals surface area contributed by atoms with Crippen LogP contribution in [0, 0.1) is 0 Å². The lowest BCUT2D eigenvalue weighted by atomic mass is 10.2. The van der Waals surface area contributed by atoms with Crippen LogP contribution in [0.1, 0.15) is 0 Å². The third-order valence-electron chi connectivity index (χ3n) is 2.12. The lowest BCUT2D eigenvalue weighted by molar-refractivity contribution is -0.138. The number of methoxy groups -OCH3 is 1. The van der Waals surface area contributed by atoms with Crippen LogP contribution >= 0.6 is 0 Å². The van der Waals surface area contributed by atoms with E-state index in [4.69, 9.17) is 15.6 Å². The van der Waals surface area contributed by atoms with Gasteiger partial charge in [0.15, 0.2) is 0 Å². The van der Waals surface area contributed by atoms with Gasteiger partial charge in [0.2, 0.25) is 0 Å². The first-order chi connectivity index (χ1) is 9.42. The highest BCUT2D eigenvalue weighted by Gasteiger charge is 2.06. The molecule has 0 bridgehead atoms.